The van der Waals surface area contributed by atoms with E-state index in [1.165, 1.54) is 12.8 Å². The SMILES string of the molecule is CC1CN(C2CCCCCC2=O)C(C)CO1. The van der Waals surface area contributed by atoms with Crippen molar-refractivity contribution in [2.45, 2.75) is 64.1 Å². The van der Waals surface area contributed by atoms with Crippen molar-refractivity contribution in [1.82, 2.24) is 4.90 Å². The number of hydrogen-bond donors (Lipinski definition) is 0. The molecule has 0 aromatic carbocycles. The highest BCUT2D eigenvalue weighted by molar-refractivity contribution is 5.84. The summed E-state index contributed by atoms with van der Waals surface area (Å²) in [5.74, 6) is 0.457. The van der Waals surface area contributed by atoms with E-state index in [0.717, 1.165) is 32.4 Å². The first-order chi connectivity index (χ1) is 7.68. The average molecular weight is 225 g/mol. The molecule has 3 heteroatoms. The molecule has 3 unspecified atom stereocenters. The number of ether oxygens (including phenoxy) is 1. The molecule has 1 saturated carbocycles. The van der Waals surface area contributed by atoms with Gasteiger partial charge in [-0.2, -0.15) is 0 Å². The van der Waals surface area contributed by atoms with Crippen molar-refractivity contribution in [2.75, 3.05) is 13.2 Å². The predicted octanol–water partition coefficient (Wildman–Crippen LogP) is 2.00. The molecule has 0 aromatic rings. The van der Waals surface area contributed by atoms with Crippen LogP contribution in [0.1, 0.15) is 46.0 Å². The van der Waals surface area contributed by atoms with E-state index in [9.17, 15) is 4.79 Å². The van der Waals surface area contributed by atoms with Gasteiger partial charge in [0.25, 0.3) is 0 Å². The number of carbonyl (C=O) groups excluding carboxylic acids is 1. The first kappa shape index (κ1) is 12.1. The van der Waals surface area contributed by atoms with E-state index < -0.39 is 0 Å². The van der Waals surface area contributed by atoms with Crippen molar-refractivity contribution >= 4 is 5.78 Å². The van der Waals surface area contributed by atoms with E-state index in [0.29, 0.717) is 11.8 Å². The second kappa shape index (κ2) is 5.28. The van der Waals surface area contributed by atoms with Crippen LogP contribution in [-0.4, -0.2) is 42.0 Å². The molecule has 3 nitrogen and oxygen atoms in total. The van der Waals surface area contributed by atoms with Crippen LogP contribution >= 0.6 is 0 Å². The molecule has 92 valence electrons. The molecule has 0 radical (unpaired) electrons. The molecule has 16 heavy (non-hydrogen) atoms. The molecule has 2 fully saturated rings. The van der Waals surface area contributed by atoms with E-state index >= 15 is 0 Å². The van der Waals surface area contributed by atoms with Gasteiger partial charge in [-0.15, -0.1) is 0 Å². The summed E-state index contributed by atoms with van der Waals surface area (Å²) in [7, 11) is 0. The van der Waals surface area contributed by atoms with Crippen molar-refractivity contribution in [2.24, 2.45) is 0 Å². The number of nitrogens with zero attached hydrogens (tertiary/aromatic N) is 1. The Morgan fingerprint density at radius 1 is 1.25 bits per heavy atom. The molecule has 1 saturated heterocycles. The molecule has 0 N–H and O–H groups in total. The van der Waals surface area contributed by atoms with Gasteiger partial charge < -0.3 is 4.74 Å². The summed E-state index contributed by atoms with van der Waals surface area (Å²) in [5.41, 5.74) is 0. The molecule has 2 aliphatic rings. The molecule has 1 aliphatic carbocycles. The van der Waals surface area contributed by atoms with E-state index in [2.05, 4.69) is 18.7 Å². The second-order valence-corrected chi connectivity index (χ2v) is 5.27. The highest BCUT2D eigenvalue weighted by Crippen LogP contribution is 2.23. The largest absolute Gasteiger partial charge is 0.376 e. The zero-order chi connectivity index (χ0) is 11.5. The lowest BCUT2D eigenvalue weighted by atomic mass is 10.0. The smallest absolute Gasteiger partial charge is 0.149 e. The summed E-state index contributed by atoms with van der Waals surface area (Å²) >= 11 is 0. The van der Waals surface area contributed by atoms with Crippen LogP contribution in [0.5, 0.6) is 0 Å². The lowest BCUT2D eigenvalue weighted by molar-refractivity contribution is -0.130. The van der Waals surface area contributed by atoms with Crippen LogP contribution in [0.4, 0.5) is 0 Å². The van der Waals surface area contributed by atoms with E-state index in [1.54, 1.807) is 0 Å². The van der Waals surface area contributed by atoms with Gasteiger partial charge in [-0.1, -0.05) is 12.8 Å². The van der Waals surface area contributed by atoms with Crippen LogP contribution in [0.15, 0.2) is 0 Å². The highest BCUT2D eigenvalue weighted by atomic mass is 16.5. The lowest BCUT2D eigenvalue weighted by Crippen LogP contribution is -2.54. The molecule has 0 spiro atoms. The second-order valence-electron chi connectivity index (χ2n) is 5.27. The van der Waals surface area contributed by atoms with Crippen LogP contribution in [0.2, 0.25) is 0 Å². The van der Waals surface area contributed by atoms with Gasteiger partial charge in [-0.3, -0.25) is 9.69 Å². The van der Waals surface area contributed by atoms with Crippen LogP contribution in [0.25, 0.3) is 0 Å². The molecule has 2 rings (SSSR count). The molecule has 3 atom stereocenters. The van der Waals surface area contributed by atoms with Gasteiger partial charge in [-0.05, 0) is 26.7 Å². The normalized spacial score (nSPS) is 38.4. The van der Waals surface area contributed by atoms with Crippen LogP contribution in [0.3, 0.4) is 0 Å². The third kappa shape index (κ3) is 2.64. The van der Waals surface area contributed by atoms with Gasteiger partial charge in [0.2, 0.25) is 0 Å². The number of rotatable bonds is 1. The topological polar surface area (TPSA) is 29.5 Å². The quantitative estimate of drug-likeness (QED) is 0.639. The fourth-order valence-corrected chi connectivity index (χ4v) is 2.86. The summed E-state index contributed by atoms with van der Waals surface area (Å²) in [6, 6.07) is 0.562. The summed E-state index contributed by atoms with van der Waals surface area (Å²) in [4.78, 5) is 14.5. The van der Waals surface area contributed by atoms with Gasteiger partial charge >= 0.3 is 0 Å². The molecule has 0 bridgehead atoms. The van der Waals surface area contributed by atoms with E-state index in [1.807, 2.05) is 0 Å². The number of carbonyl (C=O) groups is 1. The number of hydrogen-bond acceptors (Lipinski definition) is 3. The Morgan fingerprint density at radius 3 is 2.88 bits per heavy atom. The number of morpholine rings is 1. The number of ketones is 1. The summed E-state index contributed by atoms with van der Waals surface area (Å²) in [6.45, 7) is 5.95. The minimum absolute atomic E-state index is 0.170. The number of Topliss-reactive ketones (excluding diaryl/α,β-unsaturated/α-hetero) is 1. The third-order valence-corrected chi connectivity index (χ3v) is 3.83. The minimum Gasteiger partial charge on any atom is -0.376 e. The zero-order valence-electron chi connectivity index (χ0n) is 10.4. The Balaban J connectivity index is 2.05. The Kier molecular flexibility index (Phi) is 3.98. The molecule has 0 amide bonds. The summed E-state index contributed by atoms with van der Waals surface area (Å²) < 4.78 is 5.62. The summed E-state index contributed by atoms with van der Waals surface area (Å²) in [6.07, 6.45) is 5.61. The molecular formula is C13H23NO2. The monoisotopic (exact) mass is 225 g/mol. The van der Waals surface area contributed by atoms with E-state index in [4.69, 9.17) is 4.74 Å². The first-order valence-corrected chi connectivity index (χ1v) is 6.58. The van der Waals surface area contributed by atoms with Crippen molar-refractivity contribution in [3.8, 4) is 0 Å². The average Bonchev–Trinajstić information content (AvgIpc) is 2.47. The Morgan fingerprint density at radius 2 is 2.06 bits per heavy atom. The molecule has 1 heterocycles. The molecular weight excluding hydrogens is 202 g/mol. The van der Waals surface area contributed by atoms with Crippen molar-refractivity contribution in [1.29, 1.82) is 0 Å². The summed E-state index contributed by atoms with van der Waals surface area (Å²) in [5, 5.41) is 0. The zero-order valence-corrected chi connectivity index (χ0v) is 10.4. The molecule has 0 aromatic heterocycles. The maximum atomic E-state index is 12.1. The van der Waals surface area contributed by atoms with Gasteiger partial charge in [0.1, 0.15) is 5.78 Å². The Labute approximate surface area is 98.1 Å². The Bertz CT molecular complexity index is 254. The van der Waals surface area contributed by atoms with Crippen molar-refractivity contribution in [3.05, 3.63) is 0 Å². The fraction of sp³-hybridized carbons (Fsp3) is 0.923. The highest BCUT2D eigenvalue weighted by Gasteiger charge is 2.33. The predicted molar refractivity (Wildman–Crippen MR) is 63.5 cm³/mol. The minimum atomic E-state index is 0.170. The van der Waals surface area contributed by atoms with Gasteiger partial charge in [-0.25, -0.2) is 0 Å². The van der Waals surface area contributed by atoms with Gasteiger partial charge in [0.15, 0.2) is 0 Å². The van der Waals surface area contributed by atoms with Gasteiger partial charge in [0.05, 0.1) is 18.8 Å². The van der Waals surface area contributed by atoms with Gasteiger partial charge in [0, 0.05) is 19.0 Å². The maximum absolute atomic E-state index is 12.1. The first-order valence-electron chi connectivity index (χ1n) is 6.58. The van der Waals surface area contributed by atoms with Crippen LogP contribution in [0, 0.1) is 0 Å². The van der Waals surface area contributed by atoms with Crippen LogP contribution in [-0.2, 0) is 9.53 Å². The molecule has 1 aliphatic heterocycles. The lowest BCUT2D eigenvalue weighted by Gasteiger charge is -2.41. The van der Waals surface area contributed by atoms with E-state index in [-0.39, 0.29) is 12.1 Å². The Hall–Kier alpha value is -0.410. The van der Waals surface area contributed by atoms with Crippen molar-refractivity contribution in [3.63, 3.8) is 0 Å². The third-order valence-electron chi connectivity index (χ3n) is 3.83. The van der Waals surface area contributed by atoms with Crippen LogP contribution < -0.4 is 0 Å². The standard InChI is InChI=1S/C13H23NO2/c1-10-9-16-11(2)8-14(10)12-6-4-3-5-7-13(12)15/h10-12H,3-9H2,1-2H3. The maximum Gasteiger partial charge on any atom is 0.149 e. The fourth-order valence-electron chi connectivity index (χ4n) is 2.86. The van der Waals surface area contributed by atoms with Crippen molar-refractivity contribution < 1.29 is 9.53 Å².